The van der Waals surface area contributed by atoms with Crippen LogP contribution in [0.1, 0.15) is 11.1 Å². The molecule has 1 N–H and O–H groups in total. The zero-order chi connectivity index (χ0) is 24.7. The van der Waals surface area contributed by atoms with Crippen LogP contribution < -0.4 is 9.47 Å². The molecular formula is C25H23F2NO6. The van der Waals surface area contributed by atoms with Gasteiger partial charge in [0.1, 0.15) is 24.7 Å². The van der Waals surface area contributed by atoms with Gasteiger partial charge in [0, 0.05) is 18.2 Å². The third-order valence-corrected chi connectivity index (χ3v) is 4.93. The first-order valence-electron chi connectivity index (χ1n) is 10.2. The van der Waals surface area contributed by atoms with Gasteiger partial charge in [-0.3, -0.25) is 9.69 Å². The number of carboxylic acid groups (broad SMARTS) is 1. The third kappa shape index (κ3) is 6.22. The number of carbonyl (C=O) groups excluding carboxylic acids is 1. The number of carboxylic acids is 1. The molecule has 3 aromatic rings. The second-order valence-corrected chi connectivity index (χ2v) is 7.32. The fourth-order valence-corrected chi connectivity index (χ4v) is 3.35. The Labute approximate surface area is 195 Å². The lowest BCUT2D eigenvalue weighted by Gasteiger charge is -2.19. The van der Waals surface area contributed by atoms with Gasteiger partial charge in [-0.05, 0) is 34.9 Å². The number of methoxy groups -OCH3 is 2. The van der Waals surface area contributed by atoms with Crippen molar-refractivity contribution in [1.29, 1.82) is 0 Å². The van der Waals surface area contributed by atoms with Crippen molar-refractivity contribution in [3.63, 3.8) is 0 Å². The first kappa shape index (κ1) is 24.5. The van der Waals surface area contributed by atoms with Gasteiger partial charge in [-0.2, -0.15) is 0 Å². The van der Waals surface area contributed by atoms with Gasteiger partial charge in [-0.1, -0.05) is 36.4 Å². The minimum atomic E-state index is -1.17. The number of nitrogens with zero attached hydrogens (tertiary/aromatic N) is 1. The maximum atomic E-state index is 14.8. The lowest BCUT2D eigenvalue weighted by atomic mass is 10.0. The van der Waals surface area contributed by atoms with Gasteiger partial charge in [0.25, 0.3) is 0 Å². The summed E-state index contributed by atoms with van der Waals surface area (Å²) in [5.41, 5.74) is 2.37. The Balaban J connectivity index is 1.75. The molecule has 0 aliphatic heterocycles. The number of amides is 1. The average molecular weight is 471 g/mol. The summed E-state index contributed by atoms with van der Waals surface area (Å²) in [7, 11) is 2.61. The summed E-state index contributed by atoms with van der Waals surface area (Å²) in [6.07, 6.45) is -0.764. The topological polar surface area (TPSA) is 85.3 Å². The monoisotopic (exact) mass is 471 g/mol. The Kier molecular flexibility index (Phi) is 8.02. The minimum absolute atomic E-state index is 0.0148. The van der Waals surface area contributed by atoms with Crippen LogP contribution in [0.5, 0.6) is 11.5 Å². The third-order valence-electron chi connectivity index (χ3n) is 4.93. The molecule has 0 saturated heterocycles. The van der Waals surface area contributed by atoms with Gasteiger partial charge in [-0.25, -0.2) is 13.6 Å². The molecule has 7 nitrogen and oxygen atoms in total. The van der Waals surface area contributed by atoms with E-state index in [9.17, 15) is 18.4 Å². The zero-order valence-corrected chi connectivity index (χ0v) is 18.6. The number of rotatable bonds is 9. The summed E-state index contributed by atoms with van der Waals surface area (Å²) in [6.45, 7) is -0.485. The Bertz CT molecular complexity index is 1170. The molecule has 34 heavy (non-hydrogen) atoms. The van der Waals surface area contributed by atoms with Crippen LogP contribution in [-0.2, 0) is 22.7 Å². The molecule has 3 aromatic carbocycles. The van der Waals surface area contributed by atoms with Gasteiger partial charge >= 0.3 is 12.1 Å². The summed E-state index contributed by atoms with van der Waals surface area (Å²) in [5, 5.41) is 9.01. The van der Waals surface area contributed by atoms with Crippen LogP contribution in [-0.4, -0.2) is 42.8 Å². The van der Waals surface area contributed by atoms with Crippen molar-refractivity contribution in [2.45, 2.75) is 13.2 Å². The van der Waals surface area contributed by atoms with Crippen molar-refractivity contribution in [2.75, 3.05) is 20.8 Å². The Morgan fingerprint density at radius 2 is 1.65 bits per heavy atom. The van der Waals surface area contributed by atoms with Crippen molar-refractivity contribution in [3.05, 3.63) is 83.4 Å². The second kappa shape index (κ2) is 11.1. The van der Waals surface area contributed by atoms with E-state index in [1.54, 1.807) is 24.3 Å². The van der Waals surface area contributed by atoms with Crippen molar-refractivity contribution < 1.29 is 37.7 Å². The first-order valence-corrected chi connectivity index (χ1v) is 10.2. The van der Waals surface area contributed by atoms with Crippen LogP contribution in [0.15, 0.2) is 60.7 Å². The van der Waals surface area contributed by atoms with Crippen molar-refractivity contribution in [1.82, 2.24) is 4.90 Å². The minimum Gasteiger partial charge on any atom is -0.496 e. The quantitative estimate of drug-likeness (QED) is 0.479. The van der Waals surface area contributed by atoms with Gasteiger partial charge in [0.15, 0.2) is 11.6 Å². The van der Waals surface area contributed by atoms with E-state index in [-0.39, 0.29) is 18.9 Å². The Hall–Kier alpha value is -4.14. The maximum absolute atomic E-state index is 14.8. The number of aliphatic carboxylic acids is 1. The smallest absolute Gasteiger partial charge is 0.410 e. The zero-order valence-electron chi connectivity index (χ0n) is 18.6. The molecule has 0 bridgehead atoms. The van der Waals surface area contributed by atoms with E-state index >= 15 is 0 Å². The molecule has 0 saturated carbocycles. The number of carbonyl (C=O) groups is 2. The molecule has 0 spiro atoms. The fraction of sp³-hybridized carbons (Fsp3) is 0.200. The standard InChI is InChI=1S/C25H23F2NO6/c1-32-22-12-23(21(27)11-20(22)18-6-8-19(26)9-7-18)34-15-17-5-3-4-16(10-17)13-28(14-24(29)30)25(31)33-2/h3-12H,13-15H2,1-2H3,(H,29,30). The molecule has 3 rings (SSSR count). The molecule has 178 valence electrons. The normalized spacial score (nSPS) is 10.5. The largest absolute Gasteiger partial charge is 0.496 e. The van der Waals surface area contributed by atoms with Gasteiger partial charge in [0.2, 0.25) is 0 Å². The predicted octanol–water partition coefficient (Wildman–Crippen LogP) is 4.87. The van der Waals surface area contributed by atoms with Crippen molar-refractivity contribution in [2.24, 2.45) is 0 Å². The van der Waals surface area contributed by atoms with E-state index in [4.69, 9.17) is 14.6 Å². The van der Waals surface area contributed by atoms with Crippen LogP contribution >= 0.6 is 0 Å². The van der Waals surface area contributed by atoms with Crippen LogP contribution in [0.2, 0.25) is 0 Å². The highest BCUT2D eigenvalue weighted by Crippen LogP contribution is 2.35. The highest BCUT2D eigenvalue weighted by atomic mass is 19.1. The van der Waals surface area contributed by atoms with E-state index in [1.165, 1.54) is 50.6 Å². The van der Waals surface area contributed by atoms with E-state index < -0.39 is 30.2 Å². The van der Waals surface area contributed by atoms with Crippen LogP contribution in [0, 0.1) is 11.6 Å². The molecule has 0 atom stereocenters. The molecule has 0 aliphatic carbocycles. The summed E-state index contributed by atoms with van der Waals surface area (Å²) < 4.78 is 43.6. The molecule has 0 heterocycles. The molecule has 0 fully saturated rings. The number of ether oxygens (including phenoxy) is 3. The summed E-state index contributed by atoms with van der Waals surface area (Å²) in [6, 6.07) is 15.2. The van der Waals surface area contributed by atoms with Gasteiger partial charge < -0.3 is 19.3 Å². The lowest BCUT2D eigenvalue weighted by Crippen LogP contribution is -2.35. The van der Waals surface area contributed by atoms with Crippen LogP contribution in [0.25, 0.3) is 11.1 Å². The summed E-state index contributed by atoms with van der Waals surface area (Å²) in [4.78, 5) is 23.9. The number of benzene rings is 3. The van der Waals surface area contributed by atoms with Crippen molar-refractivity contribution in [3.8, 4) is 22.6 Å². The molecule has 0 radical (unpaired) electrons. The number of hydrogen-bond donors (Lipinski definition) is 1. The van der Waals surface area contributed by atoms with Crippen LogP contribution in [0.4, 0.5) is 13.6 Å². The Morgan fingerprint density at radius 1 is 0.941 bits per heavy atom. The van der Waals surface area contributed by atoms with E-state index in [1.807, 2.05) is 0 Å². The highest BCUT2D eigenvalue weighted by Gasteiger charge is 2.18. The predicted molar refractivity (Wildman–Crippen MR) is 120 cm³/mol. The van der Waals surface area contributed by atoms with Gasteiger partial charge in [0.05, 0.1) is 14.2 Å². The van der Waals surface area contributed by atoms with E-state index in [2.05, 4.69) is 4.74 Å². The fourth-order valence-electron chi connectivity index (χ4n) is 3.35. The number of hydrogen-bond acceptors (Lipinski definition) is 5. The van der Waals surface area contributed by atoms with E-state index in [0.29, 0.717) is 28.0 Å². The number of halogens is 2. The second-order valence-electron chi connectivity index (χ2n) is 7.32. The molecule has 1 amide bonds. The van der Waals surface area contributed by atoms with Crippen LogP contribution in [0.3, 0.4) is 0 Å². The molecule has 0 aliphatic rings. The van der Waals surface area contributed by atoms with Gasteiger partial charge in [-0.15, -0.1) is 0 Å². The SMILES string of the molecule is COC(=O)N(CC(=O)O)Cc1cccc(COc2cc(OC)c(-c3ccc(F)cc3)cc2F)c1. The molecule has 0 unspecified atom stereocenters. The average Bonchev–Trinajstić information content (AvgIpc) is 2.82. The first-order chi connectivity index (χ1) is 16.3. The summed E-state index contributed by atoms with van der Waals surface area (Å²) >= 11 is 0. The molecular weight excluding hydrogens is 448 g/mol. The Morgan fingerprint density at radius 3 is 2.29 bits per heavy atom. The lowest BCUT2D eigenvalue weighted by molar-refractivity contribution is -0.138. The summed E-state index contributed by atoms with van der Waals surface area (Å²) in [5.74, 6) is -1.86. The molecule has 9 heteroatoms. The van der Waals surface area contributed by atoms with Crippen molar-refractivity contribution >= 4 is 12.1 Å². The maximum Gasteiger partial charge on any atom is 0.410 e. The van der Waals surface area contributed by atoms with E-state index in [0.717, 1.165) is 4.90 Å². The highest BCUT2D eigenvalue weighted by molar-refractivity contribution is 5.76. The molecule has 0 aromatic heterocycles.